The van der Waals surface area contributed by atoms with Crippen LogP contribution in [0, 0.1) is 0 Å². The van der Waals surface area contributed by atoms with E-state index in [2.05, 4.69) is 0 Å². The monoisotopic (exact) mass is 149 g/mol. The van der Waals surface area contributed by atoms with Crippen molar-refractivity contribution in [1.82, 2.24) is 0 Å². The van der Waals surface area contributed by atoms with Gasteiger partial charge in [-0.15, -0.1) is 0 Å². The summed E-state index contributed by atoms with van der Waals surface area (Å²) >= 11 is 0. The summed E-state index contributed by atoms with van der Waals surface area (Å²) < 4.78 is 0. The van der Waals surface area contributed by atoms with E-state index in [4.69, 9.17) is 5.73 Å². The molecule has 1 aliphatic rings. The van der Waals surface area contributed by atoms with E-state index in [1.807, 2.05) is 24.3 Å². The SMILES string of the molecule is NCC(=O)C1=CC=CCC=C1. The van der Waals surface area contributed by atoms with Crippen molar-refractivity contribution >= 4 is 5.78 Å². The first-order chi connectivity index (χ1) is 5.34. The molecule has 58 valence electrons. The number of carbonyl (C=O) groups excluding carboxylic acids is 1. The summed E-state index contributed by atoms with van der Waals surface area (Å²) in [5, 5.41) is 0. The van der Waals surface area contributed by atoms with Crippen LogP contribution in [-0.2, 0) is 4.79 Å². The highest BCUT2D eigenvalue weighted by molar-refractivity contribution is 5.99. The van der Waals surface area contributed by atoms with Crippen LogP contribution >= 0.6 is 0 Å². The number of Topliss-reactive ketones (excluding diaryl/α,β-unsaturated/α-hetero) is 1. The van der Waals surface area contributed by atoms with Crippen molar-refractivity contribution in [3.63, 3.8) is 0 Å². The Morgan fingerprint density at radius 3 is 3.09 bits per heavy atom. The van der Waals surface area contributed by atoms with Gasteiger partial charge in [0.1, 0.15) is 0 Å². The molecule has 0 aromatic heterocycles. The molecule has 0 heterocycles. The maximum Gasteiger partial charge on any atom is 0.176 e. The molecule has 0 spiro atoms. The molecule has 0 bridgehead atoms. The third-order valence-corrected chi connectivity index (χ3v) is 1.49. The molecule has 0 saturated heterocycles. The van der Waals surface area contributed by atoms with Crippen LogP contribution in [0.15, 0.2) is 36.0 Å². The molecule has 0 radical (unpaired) electrons. The molecule has 0 aliphatic heterocycles. The lowest BCUT2D eigenvalue weighted by Crippen LogP contribution is -2.14. The van der Waals surface area contributed by atoms with Crippen LogP contribution in [0.25, 0.3) is 0 Å². The van der Waals surface area contributed by atoms with Crippen molar-refractivity contribution in [2.45, 2.75) is 6.42 Å². The minimum absolute atomic E-state index is 0.00667. The van der Waals surface area contributed by atoms with Crippen LogP contribution in [0.5, 0.6) is 0 Å². The van der Waals surface area contributed by atoms with E-state index in [0.29, 0.717) is 5.57 Å². The summed E-state index contributed by atoms with van der Waals surface area (Å²) in [5.41, 5.74) is 5.90. The summed E-state index contributed by atoms with van der Waals surface area (Å²) in [6, 6.07) is 0. The molecule has 1 aliphatic carbocycles. The molecule has 0 aromatic carbocycles. The van der Waals surface area contributed by atoms with Gasteiger partial charge in [0.25, 0.3) is 0 Å². The molecule has 0 saturated carbocycles. The van der Waals surface area contributed by atoms with Gasteiger partial charge in [-0.3, -0.25) is 4.79 Å². The van der Waals surface area contributed by atoms with Crippen molar-refractivity contribution in [2.75, 3.05) is 6.54 Å². The number of carbonyl (C=O) groups is 1. The molecule has 1 rings (SSSR count). The van der Waals surface area contributed by atoms with E-state index in [1.54, 1.807) is 6.08 Å². The van der Waals surface area contributed by atoms with Gasteiger partial charge in [0.05, 0.1) is 6.54 Å². The molecule has 2 heteroatoms. The van der Waals surface area contributed by atoms with E-state index in [1.165, 1.54) is 0 Å². The van der Waals surface area contributed by atoms with Crippen molar-refractivity contribution in [1.29, 1.82) is 0 Å². The van der Waals surface area contributed by atoms with Crippen molar-refractivity contribution < 1.29 is 4.79 Å². The molecule has 0 unspecified atom stereocenters. The number of hydrogen-bond donors (Lipinski definition) is 1. The lowest BCUT2D eigenvalue weighted by atomic mass is 10.1. The molecule has 11 heavy (non-hydrogen) atoms. The second-order valence-electron chi connectivity index (χ2n) is 2.32. The minimum atomic E-state index is -0.00667. The fraction of sp³-hybridized carbons (Fsp3) is 0.222. The Balaban J connectivity index is 2.77. The fourth-order valence-corrected chi connectivity index (χ4v) is 0.883. The van der Waals surface area contributed by atoms with E-state index in [-0.39, 0.29) is 12.3 Å². The quantitative estimate of drug-likeness (QED) is 0.635. The lowest BCUT2D eigenvalue weighted by Gasteiger charge is -1.94. The van der Waals surface area contributed by atoms with E-state index >= 15 is 0 Å². The normalized spacial score (nSPS) is 15.9. The summed E-state index contributed by atoms with van der Waals surface area (Å²) in [5.74, 6) is -0.00667. The molecular weight excluding hydrogens is 138 g/mol. The molecular formula is C9H11NO. The first-order valence-corrected chi connectivity index (χ1v) is 3.61. The highest BCUT2D eigenvalue weighted by Crippen LogP contribution is 2.04. The van der Waals surface area contributed by atoms with Crippen molar-refractivity contribution in [2.24, 2.45) is 5.73 Å². The van der Waals surface area contributed by atoms with Gasteiger partial charge in [0, 0.05) is 5.57 Å². The summed E-state index contributed by atoms with van der Waals surface area (Å²) in [4.78, 5) is 11.0. The number of nitrogens with two attached hydrogens (primary N) is 1. The largest absolute Gasteiger partial charge is 0.324 e. The van der Waals surface area contributed by atoms with Gasteiger partial charge in [0.15, 0.2) is 5.78 Å². The lowest BCUT2D eigenvalue weighted by molar-refractivity contribution is -0.114. The zero-order valence-electron chi connectivity index (χ0n) is 6.29. The van der Waals surface area contributed by atoms with E-state index in [9.17, 15) is 4.79 Å². The van der Waals surface area contributed by atoms with Crippen LogP contribution in [0.1, 0.15) is 6.42 Å². The smallest absolute Gasteiger partial charge is 0.176 e. The van der Waals surface area contributed by atoms with Gasteiger partial charge >= 0.3 is 0 Å². The number of ketones is 1. The second kappa shape index (κ2) is 3.88. The maximum absolute atomic E-state index is 11.0. The number of hydrogen-bond acceptors (Lipinski definition) is 2. The van der Waals surface area contributed by atoms with E-state index < -0.39 is 0 Å². The van der Waals surface area contributed by atoms with Gasteiger partial charge in [-0.25, -0.2) is 0 Å². The van der Waals surface area contributed by atoms with Gasteiger partial charge in [0.2, 0.25) is 0 Å². The maximum atomic E-state index is 11.0. The Hall–Kier alpha value is -1.15. The standard InChI is InChI=1S/C9H11NO/c10-7-9(11)8-5-3-1-2-4-6-8/h1,3-6H,2,7,10H2. The van der Waals surface area contributed by atoms with Gasteiger partial charge in [-0.1, -0.05) is 30.4 Å². The Morgan fingerprint density at radius 2 is 2.36 bits per heavy atom. The molecule has 0 aromatic rings. The third kappa shape index (κ3) is 2.16. The Bertz CT molecular complexity index is 236. The molecule has 0 atom stereocenters. The molecule has 2 nitrogen and oxygen atoms in total. The second-order valence-corrected chi connectivity index (χ2v) is 2.32. The van der Waals surface area contributed by atoms with E-state index in [0.717, 1.165) is 6.42 Å². The average Bonchev–Trinajstić information content (AvgIpc) is 2.30. The van der Waals surface area contributed by atoms with Gasteiger partial charge < -0.3 is 5.73 Å². The Morgan fingerprint density at radius 1 is 1.55 bits per heavy atom. The fourth-order valence-electron chi connectivity index (χ4n) is 0.883. The van der Waals surface area contributed by atoms with Crippen LogP contribution in [0.4, 0.5) is 0 Å². The van der Waals surface area contributed by atoms with Crippen LogP contribution < -0.4 is 5.73 Å². The van der Waals surface area contributed by atoms with Crippen molar-refractivity contribution in [3.8, 4) is 0 Å². The highest BCUT2D eigenvalue weighted by Gasteiger charge is 2.02. The van der Waals surface area contributed by atoms with Crippen LogP contribution in [-0.4, -0.2) is 12.3 Å². The number of rotatable bonds is 2. The van der Waals surface area contributed by atoms with Crippen LogP contribution in [0.2, 0.25) is 0 Å². The first-order valence-electron chi connectivity index (χ1n) is 3.61. The highest BCUT2D eigenvalue weighted by atomic mass is 16.1. The first kappa shape index (κ1) is 7.95. The predicted molar refractivity (Wildman–Crippen MR) is 45.0 cm³/mol. The minimum Gasteiger partial charge on any atom is -0.324 e. The summed E-state index contributed by atoms with van der Waals surface area (Å²) in [6.45, 7) is 0.0873. The summed E-state index contributed by atoms with van der Waals surface area (Å²) in [7, 11) is 0. The zero-order chi connectivity index (χ0) is 8.10. The summed E-state index contributed by atoms with van der Waals surface area (Å²) in [6.07, 6.45) is 10.3. The van der Waals surface area contributed by atoms with Gasteiger partial charge in [-0.2, -0.15) is 0 Å². The number of allylic oxidation sites excluding steroid dienone is 5. The topological polar surface area (TPSA) is 43.1 Å². The Labute approximate surface area is 66.1 Å². The van der Waals surface area contributed by atoms with Crippen molar-refractivity contribution in [3.05, 3.63) is 36.0 Å². The third-order valence-electron chi connectivity index (χ3n) is 1.49. The average molecular weight is 149 g/mol. The predicted octanol–water partition coefficient (Wildman–Crippen LogP) is 0.957. The molecule has 2 N–H and O–H groups in total. The Kier molecular flexibility index (Phi) is 2.81. The molecule has 0 amide bonds. The van der Waals surface area contributed by atoms with Crippen LogP contribution in [0.3, 0.4) is 0 Å². The van der Waals surface area contributed by atoms with Gasteiger partial charge in [-0.05, 0) is 6.42 Å². The zero-order valence-corrected chi connectivity index (χ0v) is 6.29. The molecule has 0 fully saturated rings.